The normalized spacial score (nSPS) is 17.4. The van der Waals surface area contributed by atoms with Crippen molar-refractivity contribution in [3.05, 3.63) is 23.8 Å². The monoisotopic (exact) mass is 262 g/mol. The summed E-state index contributed by atoms with van der Waals surface area (Å²) in [4.78, 5) is 0. The number of para-hydroxylation sites is 1. The summed E-state index contributed by atoms with van der Waals surface area (Å²) in [7, 11) is 0. The van der Waals surface area contributed by atoms with Crippen LogP contribution in [0.1, 0.15) is 39.2 Å². The molecule has 0 fully saturated rings. The maximum Gasteiger partial charge on any atom is 0.165 e. The van der Waals surface area contributed by atoms with E-state index in [0.717, 1.165) is 24.3 Å². The molecule has 4 nitrogen and oxygen atoms in total. The summed E-state index contributed by atoms with van der Waals surface area (Å²) in [5.74, 6) is 1.76. The third kappa shape index (κ3) is 3.19. The van der Waals surface area contributed by atoms with E-state index in [4.69, 9.17) is 20.6 Å². The Bertz CT molecular complexity index is 483. The summed E-state index contributed by atoms with van der Waals surface area (Å²) in [6, 6.07) is 5.98. The van der Waals surface area contributed by atoms with Gasteiger partial charge in [0.05, 0.1) is 5.84 Å². The number of rotatable bonds is 5. The van der Waals surface area contributed by atoms with Crippen LogP contribution in [0.2, 0.25) is 0 Å². The zero-order valence-corrected chi connectivity index (χ0v) is 11.8. The van der Waals surface area contributed by atoms with E-state index in [-0.39, 0.29) is 17.5 Å². The molecule has 1 heterocycles. The lowest BCUT2D eigenvalue weighted by Gasteiger charge is -2.21. The van der Waals surface area contributed by atoms with E-state index in [9.17, 15) is 0 Å². The lowest BCUT2D eigenvalue weighted by Crippen LogP contribution is -2.26. The van der Waals surface area contributed by atoms with Crippen molar-refractivity contribution in [2.75, 3.05) is 0 Å². The number of fused-ring (bicyclic) bond motifs is 1. The second kappa shape index (κ2) is 5.11. The first-order chi connectivity index (χ1) is 8.91. The topological polar surface area (TPSA) is 68.3 Å². The molecule has 1 aromatic carbocycles. The van der Waals surface area contributed by atoms with Crippen LogP contribution < -0.4 is 15.2 Å². The van der Waals surface area contributed by atoms with Crippen molar-refractivity contribution >= 4 is 5.84 Å². The molecule has 0 aromatic heterocycles. The van der Waals surface area contributed by atoms with Crippen LogP contribution in [0.4, 0.5) is 0 Å². The van der Waals surface area contributed by atoms with Crippen LogP contribution in [0.3, 0.4) is 0 Å². The summed E-state index contributed by atoms with van der Waals surface area (Å²) in [5, 5.41) is 7.38. The molecule has 0 bridgehead atoms. The van der Waals surface area contributed by atoms with Gasteiger partial charge in [0.1, 0.15) is 11.7 Å². The SMILES string of the molecule is CCC(CC(=N)N)Oc1cccc2c1OC(C)(C)C2. The van der Waals surface area contributed by atoms with Gasteiger partial charge in [-0.05, 0) is 26.3 Å². The first kappa shape index (κ1) is 13.7. The molecule has 1 aliphatic rings. The number of benzene rings is 1. The molecule has 104 valence electrons. The second-order valence-corrected chi connectivity index (χ2v) is 5.66. The van der Waals surface area contributed by atoms with Gasteiger partial charge in [0, 0.05) is 18.4 Å². The van der Waals surface area contributed by atoms with Gasteiger partial charge in [-0.3, -0.25) is 5.41 Å². The Morgan fingerprint density at radius 2 is 2.26 bits per heavy atom. The average molecular weight is 262 g/mol. The highest BCUT2D eigenvalue weighted by Gasteiger charge is 2.32. The minimum Gasteiger partial charge on any atom is -0.486 e. The van der Waals surface area contributed by atoms with Crippen LogP contribution in [0, 0.1) is 5.41 Å². The van der Waals surface area contributed by atoms with E-state index in [1.165, 1.54) is 5.56 Å². The smallest absolute Gasteiger partial charge is 0.165 e. The minimum atomic E-state index is -0.177. The summed E-state index contributed by atoms with van der Waals surface area (Å²) in [6.45, 7) is 6.18. The molecule has 19 heavy (non-hydrogen) atoms. The third-order valence-corrected chi connectivity index (χ3v) is 3.25. The maximum absolute atomic E-state index is 7.38. The van der Waals surface area contributed by atoms with Crippen molar-refractivity contribution in [2.24, 2.45) is 5.73 Å². The van der Waals surface area contributed by atoms with E-state index >= 15 is 0 Å². The minimum absolute atomic E-state index is 0.0729. The van der Waals surface area contributed by atoms with Crippen LogP contribution >= 0.6 is 0 Å². The molecule has 0 saturated carbocycles. The summed E-state index contributed by atoms with van der Waals surface area (Å²) < 4.78 is 11.9. The van der Waals surface area contributed by atoms with Crippen LogP contribution in [-0.2, 0) is 6.42 Å². The molecule has 1 unspecified atom stereocenters. The van der Waals surface area contributed by atoms with Crippen molar-refractivity contribution in [3.8, 4) is 11.5 Å². The third-order valence-electron chi connectivity index (χ3n) is 3.25. The van der Waals surface area contributed by atoms with Gasteiger partial charge in [0.15, 0.2) is 11.5 Å². The van der Waals surface area contributed by atoms with Gasteiger partial charge in [-0.25, -0.2) is 0 Å². The van der Waals surface area contributed by atoms with Crippen LogP contribution in [-0.4, -0.2) is 17.5 Å². The molecule has 1 atom stereocenters. The van der Waals surface area contributed by atoms with Crippen LogP contribution in [0.25, 0.3) is 0 Å². The Balaban J connectivity index is 2.19. The van der Waals surface area contributed by atoms with Crippen molar-refractivity contribution in [1.82, 2.24) is 0 Å². The summed E-state index contributed by atoms with van der Waals surface area (Å²) in [5.41, 5.74) is 6.45. The van der Waals surface area contributed by atoms with Crippen molar-refractivity contribution in [2.45, 2.75) is 51.7 Å². The number of nitrogens with two attached hydrogens (primary N) is 1. The molecule has 0 saturated heterocycles. The van der Waals surface area contributed by atoms with Gasteiger partial charge in [-0.2, -0.15) is 0 Å². The van der Waals surface area contributed by atoms with E-state index in [1.54, 1.807) is 0 Å². The molecule has 0 radical (unpaired) electrons. The van der Waals surface area contributed by atoms with Crippen LogP contribution in [0.5, 0.6) is 11.5 Å². The van der Waals surface area contributed by atoms with Gasteiger partial charge in [0.2, 0.25) is 0 Å². The largest absolute Gasteiger partial charge is 0.486 e. The number of amidine groups is 1. The predicted octanol–water partition coefficient (Wildman–Crippen LogP) is 2.88. The van der Waals surface area contributed by atoms with Crippen molar-refractivity contribution in [1.29, 1.82) is 5.41 Å². The maximum atomic E-state index is 7.38. The molecule has 0 amide bonds. The molecular formula is C15H22N2O2. The molecule has 1 aliphatic heterocycles. The zero-order chi connectivity index (χ0) is 14.0. The van der Waals surface area contributed by atoms with E-state index in [1.807, 2.05) is 19.1 Å². The fourth-order valence-corrected chi connectivity index (χ4v) is 2.37. The second-order valence-electron chi connectivity index (χ2n) is 5.66. The van der Waals surface area contributed by atoms with Gasteiger partial charge < -0.3 is 15.2 Å². The van der Waals surface area contributed by atoms with E-state index < -0.39 is 0 Å². The predicted molar refractivity (Wildman–Crippen MR) is 76.1 cm³/mol. The number of nitrogens with one attached hydrogen (secondary N) is 1. The number of hydrogen-bond donors (Lipinski definition) is 2. The van der Waals surface area contributed by atoms with Crippen molar-refractivity contribution < 1.29 is 9.47 Å². The summed E-state index contributed by atoms with van der Waals surface area (Å²) >= 11 is 0. The molecular weight excluding hydrogens is 240 g/mol. The Hall–Kier alpha value is -1.71. The van der Waals surface area contributed by atoms with Crippen LogP contribution in [0.15, 0.2) is 18.2 Å². The Kier molecular flexibility index (Phi) is 3.69. The fourth-order valence-electron chi connectivity index (χ4n) is 2.37. The first-order valence-corrected chi connectivity index (χ1v) is 6.72. The Morgan fingerprint density at radius 3 is 2.89 bits per heavy atom. The van der Waals surface area contributed by atoms with Gasteiger partial charge in [0.25, 0.3) is 0 Å². The summed E-state index contributed by atoms with van der Waals surface area (Å²) in [6.07, 6.45) is 2.08. The zero-order valence-electron chi connectivity index (χ0n) is 11.8. The first-order valence-electron chi connectivity index (χ1n) is 6.72. The van der Waals surface area contributed by atoms with Gasteiger partial charge >= 0.3 is 0 Å². The standard InChI is InChI=1S/C15H22N2O2/c1-4-11(8-13(16)17)18-12-7-5-6-10-9-15(2,3)19-14(10)12/h5-7,11H,4,8-9H2,1-3H3,(H3,16,17). The Labute approximate surface area is 114 Å². The molecule has 1 aromatic rings. The highest BCUT2D eigenvalue weighted by Crippen LogP contribution is 2.42. The number of hydrogen-bond acceptors (Lipinski definition) is 3. The highest BCUT2D eigenvalue weighted by atomic mass is 16.5. The molecule has 4 heteroatoms. The highest BCUT2D eigenvalue weighted by molar-refractivity contribution is 5.77. The lowest BCUT2D eigenvalue weighted by molar-refractivity contribution is 0.125. The molecule has 0 aliphatic carbocycles. The molecule has 2 rings (SSSR count). The van der Waals surface area contributed by atoms with E-state index in [0.29, 0.717) is 6.42 Å². The van der Waals surface area contributed by atoms with Gasteiger partial charge in [-0.1, -0.05) is 19.1 Å². The Morgan fingerprint density at radius 1 is 1.53 bits per heavy atom. The fraction of sp³-hybridized carbons (Fsp3) is 0.533. The quantitative estimate of drug-likeness (QED) is 0.633. The van der Waals surface area contributed by atoms with Crippen molar-refractivity contribution in [3.63, 3.8) is 0 Å². The average Bonchev–Trinajstić information content (AvgIpc) is 2.62. The number of ether oxygens (including phenoxy) is 2. The lowest BCUT2D eigenvalue weighted by atomic mass is 10.0. The molecule has 0 spiro atoms. The van der Waals surface area contributed by atoms with Gasteiger partial charge in [-0.15, -0.1) is 0 Å². The van der Waals surface area contributed by atoms with E-state index in [2.05, 4.69) is 19.9 Å². The molecule has 3 N–H and O–H groups in total.